The maximum atomic E-state index is 12.3. The molecule has 0 bridgehead atoms. The minimum absolute atomic E-state index is 0.167. The summed E-state index contributed by atoms with van der Waals surface area (Å²) in [5.41, 5.74) is 0. The maximum Gasteiger partial charge on any atom is 0.315 e. The molecule has 0 spiro atoms. The van der Waals surface area contributed by atoms with Crippen LogP contribution in [0.3, 0.4) is 0 Å². The van der Waals surface area contributed by atoms with Crippen molar-refractivity contribution < 1.29 is 23.1 Å². The normalized spacial score (nSPS) is 25.6. The van der Waals surface area contributed by atoms with Crippen LogP contribution in [0.15, 0.2) is 35.2 Å². The highest BCUT2D eigenvalue weighted by Crippen LogP contribution is 2.22. The van der Waals surface area contributed by atoms with E-state index >= 15 is 0 Å². The summed E-state index contributed by atoms with van der Waals surface area (Å²) in [4.78, 5) is 12.5. The standard InChI is InChI=1S/C21H33N3O5S/c25-15-20-19(24-21(26)23-16-7-3-1-4-8-16)12-11-17(29-20)13-14-22-30(27,28)18-9-5-2-6-10-18/h2,5-6,9-10,16-17,19-20,22,25H,1,3-4,7-8,11-15H2,(H2,23,24,26)/t17-,19+,20-/m0/s1. The van der Waals surface area contributed by atoms with Crippen LogP contribution in [0.25, 0.3) is 0 Å². The molecule has 2 aliphatic rings. The topological polar surface area (TPSA) is 117 Å². The van der Waals surface area contributed by atoms with E-state index in [4.69, 9.17) is 4.74 Å². The van der Waals surface area contributed by atoms with Gasteiger partial charge in [-0.15, -0.1) is 0 Å². The van der Waals surface area contributed by atoms with Crippen molar-refractivity contribution in [3.8, 4) is 0 Å². The van der Waals surface area contributed by atoms with Gasteiger partial charge in [-0.1, -0.05) is 37.5 Å². The molecule has 1 heterocycles. The molecular weight excluding hydrogens is 406 g/mol. The first-order valence-electron chi connectivity index (χ1n) is 10.9. The van der Waals surface area contributed by atoms with Gasteiger partial charge in [0.1, 0.15) is 6.10 Å². The third kappa shape index (κ3) is 6.66. The number of nitrogens with one attached hydrogen (secondary N) is 3. The lowest BCUT2D eigenvalue weighted by Gasteiger charge is -2.36. The van der Waals surface area contributed by atoms with E-state index in [1.165, 1.54) is 6.42 Å². The fourth-order valence-electron chi connectivity index (χ4n) is 4.19. The lowest BCUT2D eigenvalue weighted by Crippen LogP contribution is -2.55. The van der Waals surface area contributed by atoms with Crippen LogP contribution in [-0.2, 0) is 14.8 Å². The molecule has 0 aromatic heterocycles. The van der Waals surface area contributed by atoms with Gasteiger partial charge in [-0.25, -0.2) is 17.9 Å². The number of hydrogen-bond donors (Lipinski definition) is 4. The van der Waals surface area contributed by atoms with Gasteiger partial charge >= 0.3 is 6.03 Å². The Bertz CT molecular complexity index is 768. The highest BCUT2D eigenvalue weighted by molar-refractivity contribution is 7.89. The molecule has 2 amide bonds. The zero-order chi connectivity index (χ0) is 21.4. The van der Waals surface area contributed by atoms with Crippen LogP contribution in [0, 0.1) is 0 Å². The van der Waals surface area contributed by atoms with Crippen molar-refractivity contribution >= 4 is 16.1 Å². The molecule has 3 atom stereocenters. The summed E-state index contributed by atoms with van der Waals surface area (Å²) in [6.45, 7) is 0.0565. The van der Waals surface area contributed by atoms with Crippen molar-refractivity contribution in [3.05, 3.63) is 30.3 Å². The van der Waals surface area contributed by atoms with E-state index in [1.54, 1.807) is 30.3 Å². The lowest BCUT2D eigenvalue weighted by atomic mass is 9.95. The van der Waals surface area contributed by atoms with Gasteiger partial charge in [-0.3, -0.25) is 0 Å². The number of carbonyl (C=O) groups is 1. The number of aliphatic hydroxyl groups is 1. The molecule has 8 nitrogen and oxygen atoms in total. The number of ether oxygens (including phenoxy) is 1. The summed E-state index contributed by atoms with van der Waals surface area (Å²) in [5.74, 6) is 0. The maximum absolute atomic E-state index is 12.3. The molecule has 168 valence electrons. The third-order valence-corrected chi connectivity index (χ3v) is 7.34. The molecule has 9 heteroatoms. The smallest absolute Gasteiger partial charge is 0.315 e. The van der Waals surface area contributed by atoms with Crippen molar-refractivity contribution in [1.29, 1.82) is 0 Å². The third-order valence-electron chi connectivity index (χ3n) is 5.86. The largest absolute Gasteiger partial charge is 0.394 e. The van der Waals surface area contributed by atoms with Crippen LogP contribution in [0.2, 0.25) is 0 Å². The second-order valence-electron chi connectivity index (χ2n) is 8.12. The number of benzene rings is 1. The van der Waals surface area contributed by atoms with Gasteiger partial charge in [0.15, 0.2) is 0 Å². The molecule has 1 aliphatic carbocycles. The van der Waals surface area contributed by atoms with Crippen LogP contribution in [0.1, 0.15) is 51.4 Å². The van der Waals surface area contributed by atoms with Crippen LogP contribution >= 0.6 is 0 Å². The minimum atomic E-state index is -3.54. The number of rotatable bonds is 8. The lowest BCUT2D eigenvalue weighted by molar-refractivity contribution is -0.0887. The average Bonchev–Trinajstić information content (AvgIpc) is 2.76. The summed E-state index contributed by atoms with van der Waals surface area (Å²) in [6.07, 6.45) is 6.76. The van der Waals surface area contributed by atoms with Crippen LogP contribution in [-0.4, -0.2) is 57.0 Å². The Morgan fingerprint density at radius 1 is 1.03 bits per heavy atom. The van der Waals surface area contributed by atoms with Gasteiger partial charge in [0, 0.05) is 12.6 Å². The zero-order valence-corrected chi connectivity index (χ0v) is 18.1. The summed E-state index contributed by atoms with van der Waals surface area (Å²) in [7, 11) is -3.54. The van der Waals surface area contributed by atoms with Crippen LogP contribution in [0.4, 0.5) is 4.79 Å². The van der Waals surface area contributed by atoms with Gasteiger partial charge in [0.05, 0.1) is 23.6 Å². The van der Waals surface area contributed by atoms with Gasteiger partial charge in [-0.05, 0) is 44.2 Å². The fourth-order valence-corrected chi connectivity index (χ4v) is 5.26. The Hall–Kier alpha value is -1.68. The summed E-state index contributed by atoms with van der Waals surface area (Å²) in [6, 6.07) is 8.00. The van der Waals surface area contributed by atoms with Gasteiger partial charge in [-0.2, -0.15) is 0 Å². The average molecular weight is 440 g/mol. The second kappa shape index (κ2) is 11.1. The monoisotopic (exact) mass is 439 g/mol. The highest BCUT2D eigenvalue weighted by Gasteiger charge is 2.32. The van der Waals surface area contributed by atoms with Gasteiger partial charge < -0.3 is 20.5 Å². The molecule has 1 aliphatic heterocycles. The molecule has 4 N–H and O–H groups in total. The summed E-state index contributed by atoms with van der Waals surface area (Å²) < 4.78 is 33.1. The van der Waals surface area contributed by atoms with E-state index in [1.807, 2.05) is 0 Å². The van der Waals surface area contributed by atoms with Crippen molar-refractivity contribution in [2.24, 2.45) is 0 Å². The first kappa shape index (κ1) is 23.0. The van der Waals surface area contributed by atoms with Crippen molar-refractivity contribution in [1.82, 2.24) is 15.4 Å². The first-order chi connectivity index (χ1) is 14.5. The Labute approximate surface area is 178 Å². The van der Waals surface area contributed by atoms with Gasteiger partial charge in [0.25, 0.3) is 0 Å². The second-order valence-corrected chi connectivity index (χ2v) is 9.88. The number of aliphatic hydroxyl groups excluding tert-OH is 1. The number of sulfonamides is 1. The zero-order valence-electron chi connectivity index (χ0n) is 17.3. The number of carbonyl (C=O) groups excluding carboxylic acids is 1. The summed E-state index contributed by atoms with van der Waals surface area (Å²) in [5, 5.41) is 15.7. The Morgan fingerprint density at radius 3 is 2.47 bits per heavy atom. The molecule has 1 saturated carbocycles. The van der Waals surface area contributed by atoms with E-state index in [0.29, 0.717) is 19.3 Å². The molecule has 2 fully saturated rings. The number of amides is 2. The van der Waals surface area contributed by atoms with E-state index in [9.17, 15) is 18.3 Å². The fraction of sp³-hybridized carbons (Fsp3) is 0.667. The number of hydrogen-bond acceptors (Lipinski definition) is 5. The molecular formula is C21H33N3O5S. The molecule has 0 radical (unpaired) electrons. The Kier molecular flexibility index (Phi) is 8.50. The highest BCUT2D eigenvalue weighted by atomic mass is 32.2. The molecule has 0 unspecified atom stereocenters. The van der Waals surface area contributed by atoms with Gasteiger partial charge in [0.2, 0.25) is 10.0 Å². The van der Waals surface area contributed by atoms with Crippen molar-refractivity contribution in [2.75, 3.05) is 13.2 Å². The molecule has 30 heavy (non-hydrogen) atoms. The van der Waals surface area contributed by atoms with E-state index < -0.39 is 16.1 Å². The van der Waals surface area contributed by atoms with Crippen LogP contribution in [0.5, 0.6) is 0 Å². The molecule has 1 aromatic rings. The first-order valence-corrected chi connectivity index (χ1v) is 12.3. The van der Waals surface area contributed by atoms with Crippen molar-refractivity contribution in [2.45, 2.75) is 80.6 Å². The van der Waals surface area contributed by atoms with Crippen LogP contribution < -0.4 is 15.4 Å². The number of urea groups is 1. The summed E-state index contributed by atoms with van der Waals surface area (Å²) >= 11 is 0. The quantitative estimate of drug-likeness (QED) is 0.494. The van der Waals surface area contributed by atoms with E-state index in [2.05, 4.69) is 15.4 Å². The van der Waals surface area contributed by atoms with Crippen molar-refractivity contribution in [3.63, 3.8) is 0 Å². The van der Waals surface area contributed by atoms with E-state index in [-0.39, 0.29) is 42.3 Å². The molecule has 1 saturated heterocycles. The predicted molar refractivity (Wildman–Crippen MR) is 114 cm³/mol. The predicted octanol–water partition coefficient (Wildman–Crippen LogP) is 1.90. The molecule has 1 aromatic carbocycles. The Morgan fingerprint density at radius 2 is 1.77 bits per heavy atom. The van der Waals surface area contributed by atoms with E-state index in [0.717, 1.165) is 25.7 Å². The Balaban J connectivity index is 1.42. The SMILES string of the molecule is O=C(NC1CCCCC1)N[C@@H]1CC[C@@H](CCNS(=O)(=O)c2ccccc2)O[C@H]1CO. The minimum Gasteiger partial charge on any atom is -0.394 e. The molecule has 3 rings (SSSR count).